The van der Waals surface area contributed by atoms with Crippen LogP contribution in [0.4, 0.5) is 0 Å². The average Bonchev–Trinajstić information content (AvgIpc) is 3.07. The summed E-state index contributed by atoms with van der Waals surface area (Å²) >= 11 is 0. The lowest BCUT2D eigenvalue weighted by molar-refractivity contribution is -0.870. The monoisotopic (exact) mass is 739 g/mol. The second-order valence-corrected chi connectivity index (χ2v) is 15.4. The molecule has 2 unspecified atom stereocenters. The van der Waals surface area contributed by atoms with Gasteiger partial charge in [0.2, 0.25) is 0 Å². The van der Waals surface area contributed by atoms with E-state index in [2.05, 4.69) is 74.6 Å². The van der Waals surface area contributed by atoms with Crippen molar-refractivity contribution in [1.82, 2.24) is 0 Å². The molecular formula is C41H73NO8P+. The Hall–Kier alpha value is -2.29. The van der Waals surface area contributed by atoms with E-state index in [9.17, 15) is 19.0 Å². The molecule has 0 spiro atoms. The van der Waals surface area contributed by atoms with Crippen molar-refractivity contribution in [1.29, 1.82) is 0 Å². The summed E-state index contributed by atoms with van der Waals surface area (Å²) in [5.74, 6) is -0.847. The van der Waals surface area contributed by atoms with Gasteiger partial charge in [0.15, 0.2) is 6.10 Å². The molecule has 0 fully saturated rings. The van der Waals surface area contributed by atoms with Gasteiger partial charge in [-0.25, -0.2) is 4.57 Å². The number of hydrogen-bond acceptors (Lipinski definition) is 7. The van der Waals surface area contributed by atoms with Crippen molar-refractivity contribution in [3.05, 3.63) is 60.8 Å². The normalized spacial score (nSPS) is 14.4. The molecule has 0 aliphatic carbocycles. The molecule has 0 rings (SSSR count). The Morgan fingerprint density at radius 2 is 1.12 bits per heavy atom. The summed E-state index contributed by atoms with van der Waals surface area (Å²) in [5.41, 5.74) is 0. The maximum Gasteiger partial charge on any atom is 0.472 e. The van der Waals surface area contributed by atoms with Crippen LogP contribution in [0.2, 0.25) is 0 Å². The lowest BCUT2D eigenvalue weighted by atomic mass is 10.1. The van der Waals surface area contributed by atoms with Gasteiger partial charge in [0.25, 0.3) is 0 Å². The molecule has 0 saturated carbocycles. The number of unbranched alkanes of at least 4 members (excludes halogenated alkanes) is 10. The molecule has 0 aromatic rings. The summed E-state index contributed by atoms with van der Waals surface area (Å²) in [6.07, 6.45) is 38.4. The topological polar surface area (TPSA) is 108 Å². The minimum absolute atomic E-state index is 0.0224. The molecule has 294 valence electrons. The molecule has 0 aliphatic rings. The number of hydrogen-bond donors (Lipinski definition) is 1. The minimum Gasteiger partial charge on any atom is -0.462 e. The first-order chi connectivity index (χ1) is 24.5. The lowest BCUT2D eigenvalue weighted by Crippen LogP contribution is -2.37. The van der Waals surface area contributed by atoms with Gasteiger partial charge in [-0.1, -0.05) is 113 Å². The molecule has 0 radical (unpaired) electrons. The lowest BCUT2D eigenvalue weighted by Gasteiger charge is -2.24. The molecule has 9 nitrogen and oxygen atoms in total. The number of rotatable bonds is 34. The first kappa shape index (κ1) is 48.7. The second-order valence-electron chi connectivity index (χ2n) is 13.9. The van der Waals surface area contributed by atoms with Gasteiger partial charge in [0, 0.05) is 12.8 Å². The number of likely N-dealkylation sites (N-methyl/N-ethyl adjacent to an activating group) is 1. The van der Waals surface area contributed by atoms with Crippen molar-refractivity contribution in [2.45, 2.75) is 142 Å². The zero-order valence-corrected chi connectivity index (χ0v) is 33.7. The highest BCUT2D eigenvalue weighted by Gasteiger charge is 2.27. The Bertz CT molecular complexity index is 1060. The van der Waals surface area contributed by atoms with Crippen LogP contribution >= 0.6 is 7.82 Å². The number of nitrogens with zero attached hydrogens (tertiary/aromatic N) is 1. The molecule has 0 saturated heterocycles. The van der Waals surface area contributed by atoms with Crippen molar-refractivity contribution in [3.8, 4) is 0 Å². The summed E-state index contributed by atoms with van der Waals surface area (Å²) < 4.78 is 34.1. The predicted molar refractivity (Wildman–Crippen MR) is 210 cm³/mol. The molecule has 0 amide bonds. The maximum absolute atomic E-state index is 12.6. The Morgan fingerprint density at radius 1 is 0.627 bits per heavy atom. The number of phosphoric ester groups is 1. The van der Waals surface area contributed by atoms with Crippen LogP contribution in [0.5, 0.6) is 0 Å². The van der Waals surface area contributed by atoms with E-state index >= 15 is 0 Å². The highest BCUT2D eigenvalue weighted by atomic mass is 31.2. The first-order valence-electron chi connectivity index (χ1n) is 19.5. The van der Waals surface area contributed by atoms with Gasteiger partial charge in [-0.2, -0.15) is 0 Å². The van der Waals surface area contributed by atoms with E-state index in [4.69, 9.17) is 18.5 Å². The number of carbonyl (C=O) groups excluding carboxylic acids is 2. The van der Waals surface area contributed by atoms with E-state index < -0.39 is 32.5 Å². The number of phosphoric acid groups is 1. The fraction of sp³-hybridized carbons (Fsp3) is 0.707. The number of quaternary nitrogens is 1. The zero-order chi connectivity index (χ0) is 37.9. The summed E-state index contributed by atoms with van der Waals surface area (Å²) in [7, 11) is 1.44. The van der Waals surface area contributed by atoms with Crippen LogP contribution in [0.15, 0.2) is 60.8 Å². The van der Waals surface area contributed by atoms with Crippen molar-refractivity contribution in [2.75, 3.05) is 47.5 Å². The molecular weight excluding hydrogens is 665 g/mol. The Kier molecular flexibility index (Phi) is 32.0. The van der Waals surface area contributed by atoms with Crippen molar-refractivity contribution < 1.29 is 42.1 Å². The number of esters is 2. The molecule has 0 heterocycles. The summed E-state index contributed by atoms with van der Waals surface area (Å²) in [6, 6.07) is 0. The fourth-order valence-electron chi connectivity index (χ4n) is 4.71. The van der Waals surface area contributed by atoms with E-state index in [1.54, 1.807) is 0 Å². The first-order valence-corrected chi connectivity index (χ1v) is 21.0. The molecule has 2 atom stereocenters. The van der Waals surface area contributed by atoms with Gasteiger partial charge in [0.05, 0.1) is 27.7 Å². The van der Waals surface area contributed by atoms with Crippen LogP contribution in [0.1, 0.15) is 136 Å². The maximum atomic E-state index is 12.6. The number of allylic oxidation sites excluding steroid dienone is 10. The Labute approximate surface area is 311 Å². The van der Waals surface area contributed by atoms with E-state index in [1.807, 2.05) is 21.1 Å². The summed E-state index contributed by atoms with van der Waals surface area (Å²) in [4.78, 5) is 35.2. The van der Waals surface area contributed by atoms with Crippen LogP contribution in [0, 0.1) is 0 Å². The average molecular weight is 739 g/mol. The third-order valence-corrected chi connectivity index (χ3v) is 8.75. The molecule has 0 aromatic heterocycles. The van der Waals surface area contributed by atoms with Gasteiger partial charge in [-0.3, -0.25) is 18.6 Å². The third kappa shape index (κ3) is 37.3. The summed E-state index contributed by atoms with van der Waals surface area (Å²) in [6.45, 7) is 4.17. The standard InChI is InChI=1S/C41H72NO8P/c1-6-8-10-12-14-16-18-19-20-21-22-23-24-26-28-30-32-34-41(44)50-39(38-49-51(45,46)48-36-35-42(3,4)5)37-47-40(43)33-31-29-27-25-17-15-13-11-9-7-2/h8,10-11,13-14,16,19-20,22-23,39H,6-7,9,12,15,17-18,21,24-38H2,1-5H3/p+1/b10-8-,13-11-,16-14-,20-19-,23-22-. The van der Waals surface area contributed by atoms with E-state index in [-0.39, 0.29) is 26.1 Å². The van der Waals surface area contributed by atoms with E-state index in [0.717, 1.165) is 96.3 Å². The fourth-order valence-corrected chi connectivity index (χ4v) is 5.45. The van der Waals surface area contributed by atoms with Gasteiger partial charge >= 0.3 is 19.8 Å². The van der Waals surface area contributed by atoms with Gasteiger partial charge in [0.1, 0.15) is 19.8 Å². The van der Waals surface area contributed by atoms with Gasteiger partial charge in [-0.05, 0) is 70.6 Å². The highest BCUT2D eigenvalue weighted by molar-refractivity contribution is 7.47. The molecule has 51 heavy (non-hydrogen) atoms. The highest BCUT2D eigenvalue weighted by Crippen LogP contribution is 2.43. The van der Waals surface area contributed by atoms with Gasteiger partial charge in [-0.15, -0.1) is 0 Å². The molecule has 0 bridgehead atoms. The molecule has 0 aromatic carbocycles. The molecule has 10 heteroatoms. The zero-order valence-electron chi connectivity index (χ0n) is 32.8. The van der Waals surface area contributed by atoms with Crippen LogP contribution < -0.4 is 0 Å². The largest absolute Gasteiger partial charge is 0.472 e. The minimum atomic E-state index is -4.38. The van der Waals surface area contributed by atoms with Crippen LogP contribution in [-0.4, -0.2) is 74.9 Å². The number of ether oxygens (including phenoxy) is 2. The van der Waals surface area contributed by atoms with E-state index in [1.165, 1.54) is 6.42 Å². The molecule has 0 aliphatic heterocycles. The third-order valence-electron chi connectivity index (χ3n) is 7.76. The SMILES string of the molecule is CC/C=C\C/C=C\C/C=C\C/C=C\CCCCCCC(=O)OC(COC(=O)CCCCCCC/C=C\CCC)COP(=O)(O)OCC[N+](C)(C)C. The van der Waals surface area contributed by atoms with Crippen LogP contribution in [-0.2, 0) is 32.7 Å². The van der Waals surface area contributed by atoms with Crippen LogP contribution in [0.3, 0.4) is 0 Å². The smallest absolute Gasteiger partial charge is 0.462 e. The second kappa shape index (κ2) is 33.5. The Balaban J connectivity index is 4.48. The Morgan fingerprint density at radius 3 is 1.69 bits per heavy atom. The molecule has 1 N–H and O–H groups in total. The van der Waals surface area contributed by atoms with Crippen molar-refractivity contribution in [3.63, 3.8) is 0 Å². The van der Waals surface area contributed by atoms with E-state index in [0.29, 0.717) is 17.4 Å². The predicted octanol–water partition coefficient (Wildman–Crippen LogP) is 10.5. The number of carbonyl (C=O) groups is 2. The van der Waals surface area contributed by atoms with Crippen molar-refractivity contribution >= 4 is 19.8 Å². The quantitative estimate of drug-likeness (QED) is 0.0229. The van der Waals surface area contributed by atoms with Crippen LogP contribution in [0.25, 0.3) is 0 Å². The van der Waals surface area contributed by atoms with Gasteiger partial charge < -0.3 is 18.9 Å². The van der Waals surface area contributed by atoms with Crippen molar-refractivity contribution in [2.24, 2.45) is 0 Å². The summed E-state index contributed by atoms with van der Waals surface area (Å²) in [5, 5.41) is 0.